The Morgan fingerprint density at radius 1 is 1.03 bits per heavy atom. The van der Waals surface area contributed by atoms with E-state index >= 15 is 0 Å². The van der Waals surface area contributed by atoms with Gasteiger partial charge < -0.3 is 4.90 Å². The SMILES string of the molecule is O=C(/C=C/c1ccc2ccccc2n1)N(Cc1ccccc1)[C@H]1CCS(=O)(=O)C1. The molecule has 0 aliphatic carbocycles. The molecule has 1 saturated heterocycles. The van der Waals surface area contributed by atoms with Gasteiger partial charge in [-0.1, -0.05) is 54.6 Å². The van der Waals surface area contributed by atoms with E-state index in [1.54, 1.807) is 11.0 Å². The maximum atomic E-state index is 13.0. The van der Waals surface area contributed by atoms with Gasteiger partial charge in [-0.05, 0) is 30.2 Å². The second-order valence-electron chi connectivity index (χ2n) is 7.27. The molecule has 5 nitrogen and oxygen atoms in total. The molecule has 6 heteroatoms. The highest BCUT2D eigenvalue weighted by Crippen LogP contribution is 2.21. The number of carbonyl (C=O) groups excluding carboxylic acids is 1. The molecule has 1 aliphatic rings. The Hall–Kier alpha value is -2.99. The molecule has 1 amide bonds. The molecule has 0 saturated carbocycles. The molecule has 1 aromatic heterocycles. The summed E-state index contributed by atoms with van der Waals surface area (Å²) in [4.78, 5) is 19.2. The summed E-state index contributed by atoms with van der Waals surface area (Å²) in [7, 11) is -3.09. The number of pyridine rings is 1. The van der Waals surface area contributed by atoms with E-state index in [0.717, 1.165) is 16.5 Å². The maximum Gasteiger partial charge on any atom is 0.247 e. The van der Waals surface area contributed by atoms with Crippen molar-refractivity contribution in [2.24, 2.45) is 0 Å². The van der Waals surface area contributed by atoms with Gasteiger partial charge in [0.2, 0.25) is 5.91 Å². The van der Waals surface area contributed by atoms with Crippen molar-refractivity contribution in [2.45, 2.75) is 19.0 Å². The first kappa shape index (κ1) is 19.3. The predicted molar refractivity (Wildman–Crippen MR) is 115 cm³/mol. The van der Waals surface area contributed by atoms with Gasteiger partial charge in [-0.2, -0.15) is 0 Å². The van der Waals surface area contributed by atoms with Crippen LogP contribution >= 0.6 is 0 Å². The summed E-state index contributed by atoms with van der Waals surface area (Å²) in [5, 5.41) is 1.04. The molecule has 2 aromatic carbocycles. The number of carbonyl (C=O) groups is 1. The summed E-state index contributed by atoms with van der Waals surface area (Å²) in [5.41, 5.74) is 2.53. The lowest BCUT2D eigenvalue weighted by Crippen LogP contribution is -2.39. The van der Waals surface area contributed by atoms with E-state index in [9.17, 15) is 13.2 Å². The van der Waals surface area contributed by atoms with Crippen molar-refractivity contribution in [3.8, 4) is 0 Å². The molecule has 1 aliphatic heterocycles. The van der Waals surface area contributed by atoms with Crippen molar-refractivity contribution in [1.82, 2.24) is 9.88 Å². The van der Waals surface area contributed by atoms with Crippen molar-refractivity contribution < 1.29 is 13.2 Å². The first-order valence-electron chi connectivity index (χ1n) is 9.59. The number of hydrogen-bond donors (Lipinski definition) is 0. The highest BCUT2D eigenvalue weighted by Gasteiger charge is 2.34. The molecule has 0 radical (unpaired) electrons. The van der Waals surface area contributed by atoms with E-state index in [1.807, 2.05) is 66.7 Å². The third-order valence-corrected chi connectivity index (χ3v) is 6.89. The first-order valence-corrected chi connectivity index (χ1v) is 11.4. The molecule has 0 N–H and O–H groups in total. The van der Waals surface area contributed by atoms with Crippen LogP contribution in [0.3, 0.4) is 0 Å². The topological polar surface area (TPSA) is 67.3 Å². The van der Waals surface area contributed by atoms with E-state index < -0.39 is 9.84 Å². The molecule has 4 rings (SSSR count). The smallest absolute Gasteiger partial charge is 0.247 e. The van der Waals surface area contributed by atoms with Gasteiger partial charge in [0.15, 0.2) is 9.84 Å². The number of fused-ring (bicyclic) bond motifs is 1. The standard InChI is InChI=1S/C23H22N2O3S/c26-23(13-12-20-11-10-19-8-4-5-9-22(19)24-20)25(16-18-6-2-1-3-7-18)21-14-15-29(27,28)17-21/h1-13,21H,14-17H2/b13-12+/t21-/m0/s1. The number of aromatic nitrogens is 1. The summed E-state index contributed by atoms with van der Waals surface area (Å²) < 4.78 is 23.9. The Morgan fingerprint density at radius 3 is 2.55 bits per heavy atom. The Labute approximate surface area is 170 Å². The fraction of sp³-hybridized carbons (Fsp3) is 0.217. The highest BCUT2D eigenvalue weighted by molar-refractivity contribution is 7.91. The minimum Gasteiger partial charge on any atom is -0.331 e. The van der Waals surface area contributed by atoms with Crippen LogP contribution in [-0.4, -0.2) is 41.8 Å². The lowest BCUT2D eigenvalue weighted by molar-refractivity contribution is -0.128. The summed E-state index contributed by atoms with van der Waals surface area (Å²) >= 11 is 0. The molecule has 29 heavy (non-hydrogen) atoms. The van der Waals surface area contributed by atoms with E-state index in [0.29, 0.717) is 18.7 Å². The highest BCUT2D eigenvalue weighted by atomic mass is 32.2. The van der Waals surface area contributed by atoms with Gasteiger partial charge in [-0.25, -0.2) is 13.4 Å². The number of benzene rings is 2. The first-order chi connectivity index (χ1) is 14.0. The lowest BCUT2D eigenvalue weighted by atomic mass is 10.1. The lowest BCUT2D eigenvalue weighted by Gasteiger charge is -2.27. The van der Waals surface area contributed by atoms with Gasteiger partial charge in [0.25, 0.3) is 0 Å². The summed E-state index contributed by atoms with van der Waals surface area (Å²) in [6, 6.07) is 21.0. The number of nitrogens with zero attached hydrogens (tertiary/aromatic N) is 2. The van der Waals surface area contributed by atoms with Gasteiger partial charge in [0.1, 0.15) is 0 Å². The van der Waals surface area contributed by atoms with Crippen LogP contribution < -0.4 is 0 Å². The number of amides is 1. The minimum atomic E-state index is -3.09. The molecule has 2 heterocycles. The zero-order chi connectivity index (χ0) is 20.3. The molecule has 148 valence electrons. The van der Waals surface area contributed by atoms with Crippen molar-refractivity contribution in [3.63, 3.8) is 0 Å². The quantitative estimate of drug-likeness (QED) is 0.609. The van der Waals surface area contributed by atoms with Crippen LogP contribution in [0.5, 0.6) is 0 Å². The van der Waals surface area contributed by atoms with E-state index in [1.165, 1.54) is 6.08 Å². The summed E-state index contributed by atoms with van der Waals surface area (Å²) in [5.74, 6) is -0.0503. The van der Waals surface area contributed by atoms with Crippen molar-refractivity contribution in [2.75, 3.05) is 11.5 Å². The van der Waals surface area contributed by atoms with Crippen LogP contribution in [0.15, 0.2) is 72.8 Å². The summed E-state index contributed by atoms with van der Waals surface area (Å²) in [6.07, 6.45) is 3.66. The van der Waals surface area contributed by atoms with Crippen LogP contribution in [0, 0.1) is 0 Å². The average molecular weight is 407 g/mol. The fourth-order valence-corrected chi connectivity index (χ4v) is 5.35. The van der Waals surface area contributed by atoms with E-state index in [4.69, 9.17) is 0 Å². The molecule has 0 bridgehead atoms. The van der Waals surface area contributed by atoms with Gasteiger partial charge >= 0.3 is 0 Å². The van der Waals surface area contributed by atoms with Gasteiger partial charge in [0, 0.05) is 24.0 Å². The molecular formula is C23H22N2O3S. The Bertz CT molecular complexity index is 1160. The van der Waals surface area contributed by atoms with Crippen molar-refractivity contribution in [3.05, 3.63) is 84.1 Å². The Balaban J connectivity index is 1.57. The van der Waals surface area contributed by atoms with Crippen LogP contribution in [0.2, 0.25) is 0 Å². The van der Waals surface area contributed by atoms with Gasteiger partial charge in [-0.3, -0.25) is 4.79 Å². The number of rotatable bonds is 5. The van der Waals surface area contributed by atoms with Crippen LogP contribution in [0.4, 0.5) is 0 Å². The maximum absolute atomic E-state index is 13.0. The van der Waals surface area contributed by atoms with Crippen molar-refractivity contribution in [1.29, 1.82) is 0 Å². The van der Waals surface area contributed by atoms with Crippen LogP contribution in [0.1, 0.15) is 17.7 Å². The van der Waals surface area contributed by atoms with Gasteiger partial charge in [-0.15, -0.1) is 0 Å². The number of sulfone groups is 1. The fourth-order valence-electron chi connectivity index (χ4n) is 3.62. The number of hydrogen-bond acceptors (Lipinski definition) is 4. The molecular weight excluding hydrogens is 384 g/mol. The second-order valence-corrected chi connectivity index (χ2v) is 9.50. The zero-order valence-electron chi connectivity index (χ0n) is 15.9. The molecule has 1 atom stereocenters. The van der Waals surface area contributed by atoms with Crippen molar-refractivity contribution >= 4 is 32.7 Å². The third kappa shape index (κ3) is 4.71. The monoisotopic (exact) mass is 406 g/mol. The van der Waals surface area contributed by atoms with Crippen LogP contribution in [0.25, 0.3) is 17.0 Å². The third-order valence-electron chi connectivity index (χ3n) is 5.14. The second kappa shape index (κ2) is 8.17. The average Bonchev–Trinajstić information content (AvgIpc) is 3.10. The van der Waals surface area contributed by atoms with E-state index in [2.05, 4.69) is 4.98 Å². The van der Waals surface area contributed by atoms with E-state index in [-0.39, 0.29) is 23.5 Å². The largest absolute Gasteiger partial charge is 0.331 e. The number of para-hydroxylation sites is 1. The zero-order valence-corrected chi connectivity index (χ0v) is 16.8. The minimum absolute atomic E-state index is 0.0215. The van der Waals surface area contributed by atoms with Crippen LogP contribution in [-0.2, 0) is 21.2 Å². The Morgan fingerprint density at radius 2 is 1.79 bits per heavy atom. The predicted octanol–water partition coefficient (Wildman–Crippen LogP) is 3.46. The molecule has 1 fully saturated rings. The normalized spacial score (nSPS) is 18.3. The molecule has 3 aromatic rings. The molecule has 0 spiro atoms. The van der Waals surface area contributed by atoms with Gasteiger partial charge in [0.05, 0.1) is 22.7 Å². The Kier molecular flexibility index (Phi) is 5.45. The molecule has 0 unspecified atom stereocenters. The summed E-state index contributed by atoms with van der Waals surface area (Å²) in [6.45, 7) is 0.384.